The molecular weight excluding hydrogens is 302 g/mol. The first-order valence-electron chi connectivity index (χ1n) is 8.20. The van der Waals surface area contributed by atoms with Gasteiger partial charge in [-0.15, -0.1) is 0 Å². The minimum atomic E-state index is -0.0798. The van der Waals surface area contributed by atoms with Gasteiger partial charge in [-0.1, -0.05) is 12.1 Å². The molecule has 1 aliphatic heterocycles. The van der Waals surface area contributed by atoms with Gasteiger partial charge in [0.1, 0.15) is 5.82 Å². The number of imidazole rings is 1. The van der Waals surface area contributed by atoms with Crippen molar-refractivity contribution in [2.75, 3.05) is 18.4 Å². The summed E-state index contributed by atoms with van der Waals surface area (Å²) in [6.07, 6.45) is 5.35. The molecule has 1 unspecified atom stereocenters. The van der Waals surface area contributed by atoms with E-state index in [9.17, 15) is 4.79 Å². The Hall–Kier alpha value is -2.89. The second-order valence-electron chi connectivity index (χ2n) is 6.10. The number of H-pyrrole nitrogens is 1. The summed E-state index contributed by atoms with van der Waals surface area (Å²) in [4.78, 5) is 26.4. The average Bonchev–Trinajstić information content (AvgIpc) is 3.07. The number of aromatic amines is 1. The van der Waals surface area contributed by atoms with Crippen LogP contribution >= 0.6 is 0 Å². The number of hydrogen-bond donors (Lipinski definition) is 2. The predicted molar refractivity (Wildman–Crippen MR) is 92.9 cm³/mol. The molecule has 1 saturated heterocycles. The highest BCUT2D eigenvalue weighted by molar-refractivity contribution is 5.89. The second kappa shape index (κ2) is 6.31. The van der Waals surface area contributed by atoms with Gasteiger partial charge in [0.15, 0.2) is 0 Å². The van der Waals surface area contributed by atoms with E-state index in [1.807, 2.05) is 41.3 Å². The maximum atomic E-state index is 12.5. The smallest absolute Gasteiger partial charge is 0.321 e. The number of piperidine rings is 1. The monoisotopic (exact) mass is 321 g/mol. The number of fused-ring (bicyclic) bond motifs is 1. The number of pyridine rings is 1. The number of urea groups is 1. The molecule has 3 heterocycles. The molecule has 6 heteroatoms. The molecule has 1 aromatic carbocycles. The number of nitrogens with zero attached hydrogens (tertiary/aromatic N) is 3. The van der Waals surface area contributed by atoms with Crippen LogP contribution in [0.25, 0.3) is 11.0 Å². The molecule has 1 atom stereocenters. The van der Waals surface area contributed by atoms with Crippen molar-refractivity contribution in [3.8, 4) is 0 Å². The number of amides is 2. The van der Waals surface area contributed by atoms with E-state index in [0.29, 0.717) is 12.2 Å². The van der Waals surface area contributed by atoms with Crippen LogP contribution in [-0.2, 0) is 0 Å². The van der Waals surface area contributed by atoms with Crippen molar-refractivity contribution in [3.05, 3.63) is 54.6 Å². The van der Waals surface area contributed by atoms with Crippen LogP contribution in [0.2, 0.25) is 0 Å². The first-order valence-corrected chi connectivity index (χ1v) is 8.20. The van der Waals surface area contributed by atoms with E-state index in [1.54, 1.807) is 12.4 Å². The molecule has 0 spiro atoms. The van der Waals surface area contributed by atoms with Crippen molar-refractivity contribution in [1.29, 1.82) is 0 Å². The lowest BCUT2D eigenvalue weighted by Gasteiger charge is -2.31. The third-order valence-corrected chi connectivity index (χ3v) is 4.42. The van der Waals surface area contributed by atoms with E-state index in [4.69, 9.17) is 4.98 Å². The highest BCUT2D eigenvalue weighted by Gasteiger charge is 2.26. The van der Waals surface area contributed by atoms with Crippen LogP contribution in [0.4, 0.5) is 10.5 Å². The van der Waals surface area contributed by atoms with E-state index in [-0.39, 0.29) is 11.9 Å². The van der Waals surface area contributed by atoms with Crippen molar-refractivity contribution in [1.82, 2.24) is 19.9 Å². The molecule has 3 aromatic rings. The summed E-state index contributed by atoms with van der Waals surface area (Å²) in [6.45, 7) is 1.44. The van der Waals surface area contributed by atoms with Crippen LogP contribution in [0, 0.1) is 0 Å². The summed E-state index contributed by atoms with van der Waals surface area (Å²) < 4.78 is 0. The molecule has 0 bridgehead atoms. The van der Waals surface area contributed by atoms with Crippen molar-refractivity contribution in [2.24, 2.45) is 0 Å². The number of anilines is 1. The summed E-state index contributed by atoms with van der Waals surface area (Å²) in [7, 11) is 0. The topological polar surface area (TPSA) is 73.9 Å². The zero-order valence-corrected chi connectivity index (χ0v) is 13.3. The SMILES string of the molecule is O=C(Nc1cccnc1)N1CCCC(c2nc3ccccc3[nH]2)C1. The molecule has 2 N–H and O–H groups in total. The Morgan fingerprint density at radius 3 is 3.00 bits per heavy atom. The Kier molecular flexibility index (Phi) is 3.86. The molecule has 122 valence electrons. The molecule has 0 radical (unpaired) electrons. The summed E-state index contributed by atoms with van der Waals surface area (Å²) in [5, 5.41) is 2.90. The molecule has 0 saturated carbocycles. The number of carbonyl (C=O) groups excluding carboxylic acids is 1. The van der Waals surface area contributed by atoms with E-state index in [2.05, 4.69) is 15.3 Å². The number of rotatable bonds is 2. The van der Waals surface area contributed by atoms with E-state index >= 15 is 0 Å². The van der Waals surface area contributed by atoms with Gasteiger partial charge in [0, 0.05) is 25.2 Å². The third kappa shape index (κ3) is 2.95. The molecule has 0 aliphatic carbocycles. The van der Waals surface area contributed by atoms with Crippen LogP contribution < -0.4 is 5.32 Å². The fraction of sp³-hybridized carbons (Fsp3) is 0.278. The van der Waals surface area contributed by atoms with E-state index < -0.39 is 0 Å². The lowest BCUT2D eigenvalue weighted by molar-refractivity contribution is 0.191. The van der Waals surface area contributed by atoms with Crippen molar-refractivity contribution >= 4 is 22.8 Å². The van der Waals surface area contributed by atoms with Crippen LogP contribution in [0.3, 0.4) is 0 Å². The lowest BCUT2D eigenvalue weighted by Crippen LogP contribution is -2.41. The highest BCUT2D eigenvalue weighted by atomic mass is 16.2. The molecule has 24 heavy (non-hydrogen) atoms. The van der Waals surface area contributed by atoms with E-state index in [0.717, 1.165) is 36.2 Å². The number of likely N-dealkylation sites (tertiary alicyclic amines) is 1. The average molecular weight is 321 g/mol. The minimum Gasteiger partial charge on any atom is -0.342 e. The standard InChI is InChI=1S/C18H19N5O/c24-18(20-14-6-3-9-19-11-14)23-10-4-5-13(12-23)17-21-15-7-1-2-8-16(15)22-17/h1-3,6-9,11,13H,4-5,10,12H2,(H,20,24)(H,21,22). The highest BCUT2D eigenvalue weighted by Crippen LogP contribution is 2.27. The van der Waals surface area contributed by atoms with Crippen molar-refractivity contribution in [2.45, 2.75) is 18.8 Å². The normalized spacial score (nSPS) is 17.8. The zero-order valence-electron chi connectivity index (χ0n) is 13.3. The van der Waals surface area contributed by atoms with Gasteiger partial charge in [-0.2, -0.15) is 0 Å². The first-order chi connectivity index (χ1) is 11.8. The summed E-state index contributed by atoms with van der Waals surface area (Å²) in [6, 6.07) is 11.6. The number of nitrogens with one attached hydrogen (secondary N) is 2. The number of para-hydroxylation sites is 2. The Morgan fingerprint density at radius 2 is 2.17 bits per heavy atom. The number of aromatic nitrogens is 3. The van der Waals surface area contributed by atoms with Gasteiger partial charge < -0.3 is 15.2 Å². The molecule has 1 fully saturated rings. The van der Waals surface area contributed by atoms with Crippen LogP contribution in [-0.4, -0.2) is 39.0 Å². The van der Waals surface area contributed by atoms with Crippen LogP contribution in [0.15, 0.2) is 48.8 Å². The fourth-order valence-corrected chi connectivity index (χ4v) is 3.19. The van der Waals surface area contributed by atoms with Crippen molar-refractivity contribution in [3.63, 3.8) is 0 Å². The first kappa shape index (κ1) is 14.7. The molecule has 2 aromatic heterocycles. The van der Waals surface area contributed by atoms with Gasteiger partial charge in [0.25, 0.3) is 0 Å². The minimum absolute atomic E-state index is 0.0798. The molecule has 6 nitrogen and oxygen atoms in total. The molecular formula is C18H19N5O. The summed E-state index contributed by atoms with van der Waals surface area (Å²) in [5.41, 5.74) is 2.74. The van der Waals surface area contributed by atoms with Crippen LogP contribution in [0.1, 0.15) is 24.6 Å². The Labute approximate surface area is 139 Å². The fourth-order valence-electron chi connectivity index (χ4n) is 3.19. The summed E-state index contributed by atoms with van der Waals surface area (Å²) in [5.74, 6) is 1.21. The Balaban J connectivity index is 1.48. The predicted octanol–water partition coefficient (Wildman–Crippen LogP) is 3.37. The number of hydrogen-bond acceptors (Lipinski definition) is 3. The van der Waals surface area contributed by atoms with Gasteiger partial charge in [-0.25, -0.2) is 9.78 Å². The van der Waals surface area contributed by atoms with Crippen molar-refractivity contribution < 1.29 is 4.79 Å². The Bertz CT molecular complexity index is 812. The quantitative estimate of drug-likeness (QED) is 0.760. The van der Waals surface area contributed by atoms with Gasteiger partial charge >= 0.3 is 6.03 Å². The van der Waals surface area contributed by atoms with Gasteiger partial charge in [-0.05, 0) is 37.1 Å². The van der Waals surface area contributed by atoms with Gasteiger partial charge in [0.2, 0.25) is 0 Å². The zero-order chi connectivity index (χ0) is 16.4. The number of carbonyl (C=O) groups is 1. The molecule has 1 aliphatic rings. The number of benzene rings is 1. The molecule has 2 amide bonds. The van der Waals surface area contributed by atoms with Gasteiger partial charge in [-0.3, -0.25) is 4.98 Å². The van der Waals surface area contributed by atoms with Crippen LogP contribution in [0.5, 0.6) is 0 Å². The largest absolute Gasteiger partial charge is 0.342 e. The second-order valence-corrected chi connectivity index (χ2v) is 6.10. The van der Waals surface area contributed by atoms with Gasteiger partial charge in [0.05, 0.1) is 22.9 Å². The summed E-state index contributed by atoms with van der Waals surface area (Å²) >= 11 is 0. The molecule has 4 rings (SSSR count). The maximum Gasteiger partial charge on any atom is 0.321 e. The lowest BCUT2D eigenvalue weighted by atomic mass is 9.97. The third-order valence-electron chi connectivity index (χ3n) is 4.42. The van der Waals surface area contributed by atoms with E-state index in [1.165, 1.54) is 0 Å². The maximum absolute atomic E-state index is 12.5. The Morgan fingerprint density at radius 1 is 1.25 bits per heavy atom.